The Hall–Kier alpha value is 0.0400. The Labute approximate surface area is 58.0 Å². The summed E-state index contributed by atoms with van der Waals surface area (Å²) in [5.74, 6) is 0. The first-order valence-electron chi connectivity index (χ1n) is 1.63. The lowest BCUT2D eigenvalue weighted by Crippen LogP contribution is -2.07. The second kappa shape index (κ2) is 2.75. The molecule has 0 rings (SSSR count). The lowest BCUT2D eigenvalue weighted by Gasteiger charge is -2.01. The molecule has 0 nitrogen and oxygen atoms in total. The van der Waals surface area contributed by atoms with Crippen LogP contribution in [0.4, 0.5) is 17.6 Å². The fourth-order valence-corrected chi connectivity index (χ4v) is 0.214. The molecule has 0 amide bonds. The van der Waals surface area contributed by atoms with Gasteiger partial charge in [-0.05, 0) is 11.6 Å². The van der Waals surface area contributed by atoms with Crippen molar-refractivity contribution < 1.29 is 17.6 Å². The molecule has 0 aromatic carbocycles. The number of allylic oxidation sites excluding steroid dienone is 1. The second-order valence-corrected chi connectivity index (χ2v) is 1.78. The van der Waals surface area contributed by atoms with Crippen LogP contribution in [0.25, 0.3) is 0 Å². The van der Waals surface area contributed by atoms with E-state index in [0.717, 1.165) is 0 Å². The van der Waals surface area contributed by atoms with Gasteiger partial charge in [-0.1, -0.05) is 11.6 Å². The summed E-state index contributed by atoms with van der Waals surface area (Å²) in [5, 5.41) is -3.87. The smallest absolute Gasteiger partial charge is 0.192 e. The molecule has 0 heterocycles. The standard InChI is InChI=1S/C3Cl2F4/c4-1(2(5)6)3(7,8)9/b2-1+. The SMILES string of the molecule is F/C(Cl)=C(/Cl)C(F)(F)F. The molecule has 0 fully saturated rings. The summed E-state index contributed by atoms with van der Waals surface area (Å²) in [6, 6.07) is 0. The van der Waals surface area contributed by atoms with E-state index in [1.54, 1.807) is 0 Å². The minimum atomic E-state index is -4.88. The minimum absolute atomic E-state index is 1.93. The molecule has 0 saturated heterocycles. The molecule has 54 valence electrons. The second-order valence-electron chi connectivity index (χ2n) is 1.07. The molecule has 0 atom stereocenters. The zero-order chi connectivity index (χ0) is 7.65. The van der Waals surface area contributed by atoms with Gasteiger partial charge in [0.1, 0.15) is 0 Å². The zero-order valence-corrected chi connectivity index (χ0v) is 5.28. The summed E-state index contributed by atoms with van der Waals surface area (Å²) in [4.78, 5) is 0. The molecule has 0 aromatic rings. The molecule has 0 aliphatic rings. The van der Waals surface area contributed by atoms with E-state index in [1.807, 2.05) is 0 Å². The van der Waals surface area contributed by atoms with Crippen LogP contribution in [0.2, 0.25) is 0 Å². The molecular formula is C3Cl2F4. The van der Waals surface area contributed by atoms with Gasteiger partial charge in [0.25, 0.3) is 0 Å². The van der Waals surface area contributed by atoms with Gasteiger partial charge >= 0.3 is 6.18 Å². The third kappa shape index (κ3) is 2.91. The van der Waals surface area contributed by atoms with Gasteiger partial charge in [-0.3, -0.25) is 0 Å². The van der Waals surface area contributed by atoms with Crippen molar-refractivity contribution in [2.75, 3.05) is 0 Å². The first kappa shape index (κ1) is 9.04. The van der Waals surface area contributed by atoms with Gasteiger partial charge in [0.05, 0.1) is 0 Å². The van der Waals surface area contributed by atoms with Gasteiger partial charge in [-0.2, -0.15) is 17.6 Å². The van der Waals surface area contributed by atoms with E-state index in [2.05, 4.69) is 23.2 Å². The summed E-state index contributed by atoms with van der Waals surface area (Å²) in [6.45, 7) is 0. The number of halogens is 6. The van der Waals surface area contributed by atoms with Crippen LogP contribution in [0, 0.1) is 0 Å². The highest BCUT2D eigenvalue weighted by molar-refractivity contribution is 6.38. The predicted octanol–water partition coefficient (Wildman–Crippen LogP) is 3.16. The van der Waals surface area contributed by atoms with E-state index < -0.39 is 16.5 Å². The van der Waals surface area contributed by atoms with Crippen molar-refractivity contribution in [1.29, 1.82) is 0 Å². The van der Waals surface area contributed by atoms with Crippen molar-refractivity contribution in [2.45, 2.75) is 6.18 Å². The molecular weight excluding hydrogens is 183 g/mol. The molecule has 0 aliphatic heterocycles. The minimum Gasteiger partial charge on any atom is -0.192 e. The molecule has 0 aromatic heterocycles. The van der Waals surface area contributed by atoms with Gasteiger partial charge in [0, 0.05) is 0 Å². The molecule has 0 saturated carbocycles. The summed E-state index contributed by atoms with van der Waals surface area (Å²) in [7, 11) is 0. The highest BCUT2D eigenvalue weighted by atomic mass is 35.5. The van der Waals surface area contributed by atoms with Gasteiger partial charge in [-0.15, -0.1) is 0 Å². The largest absolute Gasteiger partial charge is 0.430 e. The number of rotatable bonds is 0. The van der Waals surface area contributed by atoms with Crippen molar-refractivity contribution in [3.63, 3.8) is 0 Å². The van der Waals surface area contributed by atoms with Crippen LogP contribution >= 0.6 is 23.2 Å². The topological polar surface area (TPSA) is 0 Å². The lowest BCUT2D eigenvalue weighted by atomic mass is 10.6. The Morgan fingerprint density at radius 2 is 1.44 bits per heavy atom. The molecule has 0 N–H and O–H groups in total. The Bertz CT molecular complexity index is 131. The zero-order valence-electron chi connectivity index (χ0n) is 3.77. The van der Waals surface area contributed by atoms with Crippen molar-refractivity contribution in [2.24, 2.45) is 0 Å². The van der Waals surface area contributed by atoms with E-state index in [0.29, 0.717) is 0 Å². The maximum Gasteiger partial charge on any atom is 0.430 e. The molecule has 0 unspecified atom stereocenters. The van der Waals surface area contributed by atoms with E-state index in [-0.39, 0.29) is 0 Å². The number of hydrogen-bond acceptors (Lipinski definition) is 0. The van der Waals surface area contributed by atoms with E-state index >= 15 is 0 Å². The first-order valence-corrected chi connectivity index (χ1v) is 2.39. The maximum absolute atomic E-state index is 11.4. The van der Waals surface area contributed by atoms with Crippen LogP contribution in [-0.2, 0) is 0 Å². The Kier molecular flexibility index (Phi) is 2.76. The summed E-state index contributed by atoms with van der Waals surface area (Å²) < 4.78 is 44.9. The third-order valence-electron chi connectivity index (χ3n) is 0.415. The van der Waals surface area contributed by atoms with Gasteiger partial charge in [0.2, 0.25) is 5.29 Å². The first-order chi connectivity index (χ1) is 3.85. The predicted molar refractivity (Wildman–Crippen MR) is 25.9 cm³/mol. The van der Waals surface area contributed by atoms with Crippen molar-refractivity contribution in [1.82, 2.24) is 0 Å². The van der Waals surface area contributed by atoms with Crippen LogP contribution in [0.5, 0.6) is 0 Å². The van der Waals surface area contributed by atoms with Crippen LogP contribution in [0.15, 0.2) is 10.3 Å². The third-order valence-corrected chi connectivity index (χ3v) is 1.08. The molecule has 6 heteroatoms. The summed E-state index contributed by atoms with van der Waals surface area (Å²) >= 11 is 8.61. The van der Waals surface area contributed by atoms with Crippen LogP contribution in [0.3, 0.4) is 0 Å². The van der Waals surface area contributed by atoms with Gasteiger partial charge in [-0.25, -0.2) is 0 Å². The number of hydrogen-bond donors (Lipinski definition) is 0. The van der Waals surface area contributed by atoms with Crippen LogP contribution in [-0.4, -0.2) is 6.18 Å². The average molecular weight is 183 g/mol. The normalized spacial score (nSPS) is 15.3. The van der Waals surface area contributed by atoms with E-state index in [1.165, 1.54) is 0 Å². The monoisotopic (exact) mass is 182 g/mol. The molecule has 9 heavy (non-hydrogen) atoms. The lowest BCUT2D eigenvalue weighted by molar-refractivity contribution is -0.0856. The van der Waals surface area contributed by atoms with Gasteiger partial charge < -0.3 is 0 Å². The highest BCUT2D eigenvalue weighted by Crippen LogP contribution is 2.32. The molecule has 0 aliphatic carbocycles. The van der Waals surface area contributed by atoms with Crippen LogP contribution in [0.1, 0.15) is 0 Å². The van der Waals surface area contributed by atoms with E-state index in [4.69, 9.17) is 0 Å². The highest BCUT2D eigenvalue weighted by Gasteiger charge is 2.35. The Morgan fingerprint density at radius 1 is 1.11 bits per heavy atom. The van der Waals surface area contributed by atoms with Crippen LogP contribution < -0.4 is 0 Å². The van der Waals surface area contributed by atoms with Crippen molar-refractivity contribution in [3.8, 4) is 0 Å². The fourth-order valence-electron chi connectivity index (χ4n) is 0.107. The van der Waals surface area contributed by atoms with Crippen molar-refractivity contribution in [3.05, 3.63) is 10.3 Å². The van der Waals surface area contributed by atoms with Crippen molar-refractivity contribution >= 4 is 23.2 Å². The quantitative estimate of drug-likeness (QED) is 0.506. The molecule has 0 bridgehead atoms. The number of alkyl halides is 3. The van der Waals surface area contributed by atoms with Gasteiger partial charge in [0.15, 0.2) is 5.03 Å². The molecule has 0 spiro atoms. The van der Waals surface area contributed by atoms with E-state index in [9.17, 15) is 17.6 Å². The Morgan fingerprint density at radius 3 is 1.44 bits per heavy atom. The fraction of sp³-hybridized carbons (Fsp3) is 0.333. The maximum atomic E-state index is 11.4. The summed E-state index contributed by atoms with van der Waals surface area (Å²) in [6.07, 6.45) is -4.88. The molecule has 0 radical (unpaired) electrons. The Balaban J connectivity index is 4.40. The summed E-state index contributed by atoms with van der Waals surface area (Å²) in [5.41, 5.74) is 0. The average Bonchev–Trinajstić information content (AvgIpc) is 1.62.